The topological polar surface area (TPSA) is 67.4 Å². The minimum absolute atomic E-state index is 0.202. The second-order valence-corrected chi connectivity index (χ2v) is 8.29. The number of imide groups is 1. The van der Waals surface area contributed by atoms with Gasteiger partial charge in [-0.3, -0.25) is 10.1 Å². The zero-order valence-corrected chi connectivity index (χ0v) is 19.7. The third kappa shape index (κ3) is 5.27. The molecule has 0 radical (unpaired) electrons. The van der Waals surface area contributed by atoms with Crippen LogP contribution >= 0.6 is 46.4 Å². The van der Waals surface area contributed by atoms with Crippen molar-refractivity contribution >= 4 is 64.0 Å². The van der Waals surface area contributed by atoms with Gasteiger partial charge in [-0.05, 0) is 49.2 Å². The number of hydrogen-bond acceptors (Lipinski definition) is 3. The van der Waals surface area contributed by atoms with Gasteiger partial charge in [0.25, 0.3) is 5.91 Å². The van der Waals surface area contributed by atoms with Gasteiger partial charge >= 0.3 is 6.03 Å². The fraction of sp³-hybridized carbons (Fsp3) is 0.0909. The van der Waals surface area contributed by atoms with E-state index in [0.29, 0.717) is 16.8 Å². The Morgan fingerprint density at radius 3 is 2.25 bits per heavy atom. The second-order valence-electron chi connectivity index (χ2n) is 6.69. The van der Waals surface area contributed by atoms with Crippen LogP contribution in [0, 0.1) is 19.7 Å². The number of nitrogens with one attached hydrogen (secondary N) is 2. The average Bonchev–Trinajstić information content (AvgIpc) is 2.73. The van der Waals surface area contributed by atoms with E-state index in [1.165, 1.54) is 30.3 Å². The molecule has 0 aliphatic carbocycles. The molecule has 3 aromatic carbocycles. The minimum Gasteiger partial charge on any atom is -0.454 e. The Morgan fingerprint density at radius 1 is 0.906 bits per heavy atom. The summed E-state index contributed by atoms with van der Waals surface area (Å²) in [5, 5.41) is 5.61. The molecule has 3 rings (SSSR count). The van der Waals surface area contributed by atoms with Gasteiger partial charge in [0.15, 0.2) is 0 Å². The molecule has 0 aliphatic heterocycles. The number of amides is 3. The Balaban J connectivity index is 1.81. The average molecular weight is 516 g/mol. The summed E-state index contributed by atoms with van der Waals surface area (Å²) in [6.07, 6.45) is 0. The van der Waals surface area contributed by atoms with E-state index >= 15 is 0 Å². The fourth-order valence-corrected chi connectivity index (χ4v) is 3.61. The summed E-state index contributed by atoms with van der Waals surface area (Å²) >= 11 is 24.6. The molecule has 10 heteroatoms. The van der Waals surface area contributed by atoms with Crippen LogP contribution in [0.3, 0.4) is 0 Å². The molecule has 0 bridgehead atoms. The number of urea groups is 1. The van der Waals surface area contributed by atoms with E-state index in [4.69, 9.17) is 51.1 Å². The molecule has 0 saturated heterocycles. The number of anilines is 1. The van der Waals surface area contributed by atoms with Crippen molar-refractivity contribution in [2.75, 3.05) is 5.32 Å². The van der Waals surface area contributed by atoms with Crippen molar-refractivity contribution < 1.29 is 18.7 Å². The molecule has 32 heavy (non-hydrogen) atoms. The summed E-state index contributed by atoms with van der Waals surface area (Å²) in [4.78, 5) is 24.5. The lowest BCUT2D eigenvalue weighted by molar-refractivity contribution is 0.0963. The number of aryl methyl sites for hydroxylation is 1. The van der Waals surface area contributed by atoms with Crippen LogP contribution < -0.4 is 15.4 Å². The Bertz CT molecular complexity index is 1230. The van der Waals surface area contributed by atoms with Crippen molar-refractivity contribution in [1.82, 2.24) is 5.32 Å². The van der Waals surface area contributed by atoms with Gasteiger partial charge in [-0.2, -0.15) is 0 Å². The Morgan fingerprint density at radius 2 is 1.56 bits per heavy atom. The van der Waals surface area contributed by atoms with Crippen molar-refractivity contribution in [2.45, 2.75) is 13.8 Å². The highest BCUT2D eigenvalue weighted by Crippen LogP contribution is 2.41. The largest absolute Gasteiger partial charge is 0.454 e. The van der Waals surface area contributed by atoms with Crippen LogP contribution in [0.1, 0.15) is 21.5 Å². The standard InChI is InChI=1S/C22H15Cl4FN2O3/c1-10-7-18(32-17-9-14(24)13(23)8-15(17)25)19(26)11(2)20(10)28-22(31)29-21(30)12-5-3-4-6-16(12)27/h3-9H,1-2H3,(H2,28,29,30,31). The summed E-state index contributed by atoms with van der Waals surface area (Å²) in [5.41, 5.74) is 1.18. The maximum absolute atomic E-state index is 13.7. The van der Waals surface area contributed by atoms with E-state index in [1.54, 1.807) is 19.9 Å². The van der Waals surface area contributed by atoms with Crippen LogP contribution in [0.2, 0.25) is 20.1 Å². The lowest BCUT2D eigenvalue weighted by Gasteiger charge is -2.17. The zero-order valence-electron chi connectivity index (χ0n) is 16.7. The second kappa shape index (κ2) is 9.96. The van der Waals surface area contributed by atoms with Gasteiger partial charge in [-0.1, -0.05) is 58.5 Å². The van der Waals surface area contributed by atoms with Gasteiger partial charge in [0, 0.05) is 11.8 Å². The molecule has 0 atom stereocenters. The summed E-state index contributed by atoms with van der Waals surface area (Å²) in [6, 6.07) is 8.97. The molecule has 3 amide bonds. The first-order valence-corrected chi connectivity index (χ1v) is 10.6. The number of carbonyl (C=O) groups is 2. The maximum atomic E-state index is 13.7. The highest BCUT2D eigenvalue weighted by atomic mass is 35.5. The summed E-state index contributed by atoms with van der Waals surface area (Å²) in [6.45, 7) is 3.37. The molecule has 0 unspecified atom stereocenters. The van der Waals surface area contributed by atoms with E-state index in [9.17, 15) is 14.0 Å². The first kappa shape index (κ1) is 24.1. The monoisotopic (exact) mass is 514 g/mol. The van der Waals surface area contributed by atoms with Crippen molar-refractivity contribution in [3.8, 4) is 11.5 Å². The van der Waals surface area contributed by atoms with Crippen molar-refractivity contribution in [2.24, 2.45) is 0 Å². The fourth-order valence-electron chi connectivity index (χ4n) is 2.85. The van der Waals surface area contributed by atoms with E-state index in [0.717, 1.165) is 6.07 Å². The van der Waals surface area contributed by atoms with E-state index < -0.39 is 17.8 Å². The van der Waals surface area contributed by atoms with Gasteiger partial charge in [0.2, 0.25) is 0 Å². The van der Waals surface area contributed by atoms with Gasteiger partial charge < -0.3 is 10.1 Å². The molecule has 2 N–H and O–H groups in total. The first-order chi connectivity index (χ1) is 15.1. The maximum Gasteiger partial charge on any atom is 0.326 e. The number of carbonyl (C=O) groups excluding carboxylic acids is 2. The molecule has 0 aromatic heterocycles. The highest BCUT2D eigenvalue weighted by Gasteiger charge is 2.19. The van der Waals surface area contributed by atoms with Crippen LogP contribution in [-0.4, -0.2) is 11.9 Å². The van der Waals surface area contributed by atoms with Gasteiger partial charge in [0.05, 0.1) is 25.7 Å². The van der Waals surface area contributed by atoms with Crippen LogP contribution in [-0.2, 0) is 0 Å². The van der Waals surface area contributed by atoms with Gasteiger partial charge in [0.1, 0.15) is 17.3 Å². The normalized spacial score (nSPS) is 10.6. The first-order valence-electron chi connectivity index (χ1n) is 9.07. The lowest BCUT2D eigenvalue weighted by atomic mass is 10.1. The van der Waals surface area contributed by atoms with Crippen LogP contribution in [0.25, 0.3) is 0 Å². The molecule has 0 heterocycles. The number of rotatable bonds is 4. The molecular weight excluding hydrogens is 501 g/mol. The SMILES string of the molecule is Cc1cc(Oc2cc(Cl)c(Cl)cc2Cl)c(Cl)c(C)c1NC(=O)NC(=O)c1ccccc1F. The molecular formula is C22H15Cl4FN2O3. The smallest absolute Gasteiger partial charge is 0.326 e. The lowest BCUT2D eigenvalue weighted by Crippen LogP contribution is -2.35. The van der Waals surface area contributed by atoms with Crippen LogP contribution in [0.15, 0.2) is 42.5 Å². The Labute approximate surface area is 203 Å². The number of halogens is 5. The van der Waals surface area contributed by atoms with Crippen molar-refractivity contribution in [1.29, 1.82) is 0 Å². The highest BCUT2D eigenvalue weighted by molar-refractivity contribution is 6.43. The van der Waals surface area contributed by atoms with Crippen molar-refractivity contribution in [3.05, 3.63) is 85.1 Å². The molecule has 0 spiro atoms. The minimum atomic E-state index is -0.879. The number of hydrogen-bond donors (Lipinski definition) is 2. The quantitative estimate of drug-likeness (QED) is 0.348. The third-order valence-corrected chi connectivity index (χ3v) is 5.93. The van der Waals surface area contributed by atoms with Crippen LogP contribution in [0.4, 0.5) is 14.9 Å². The molecule has 3 aromatic rings. The molecule has 0 aliphatic rings. The van der Waals surface area contributed by atoms with Crippen LogP contribution in [0.5, 0.6) is 11.5 Å². The van der Waals surface area contributed by atoms with E-state index in [-0.39, 0.29) is 37.2 Å². The molecule has 0 saturated carbocycles. The van der Waals surface area contributed by atoms with Gasteiger partial charge in [-0.25, -0.2) is 9.18 Å². The van der Waals surface area contributed by atoms with Crippen molar-refractivity contribution in [3.63, 3.8) is 0 Å². The zero-order chi connectivity index (χ0) is 23.6. The molecule has 0 fully saturated rings. The Kier molecular flexibility index (Phi) is 7.51. The number of benzene rings is 3. The number of ether oxygens (including phenoxy) is 1. The third-order valence-electron chi connectivity index (χ3n) is 4.44. The molecule has 5 nitrogen and oxygen atoms in total. The van der Waals surface area contributed by atoms with E-state index in [2.05, 4.69) is 10.6 Å². The predicted molar refractivity (Wildman–Crippen MR) is 125 cm³/mol. The summed E-state index contributed by atoms with van der Waals surface area (Å²) in [7, 11) is 0. The van der Waals surface area contributed by atoms with E-state index in [1.807, 2.05) is 0 Å². The summed E-state index contributed by atoms with van der Waals surface area (Å²) in [5.74, 6) is -1.10. The predicted octanol–water partition coefficient (Wildman–Crippen LogP) is 7.81. The summed E-state index contributed by atoms with van der Waals surface area (Å²) < 4.78 is 19.6. The Hall–Kier alpha value is -2.51. The van der Waals surface area contributed by atoms with Gasteiger partial charge in [-0.15, -0.1) is 0 Å². The molecule has 166 valence electrons.